The average Bonchev–Trinajstić information content (AvgIpc) is 3.17. The van der Waals surface area contributed by atoms with Crippen LogP contribution in [0.3, 0.4) is 0 Å². The molecule has 1 fully saturated rings. The van der Waals surface area contributed by atoms with Crippen LogP contribution in [0.5, 0.6) is 0 Å². The van der Waals surface area contributed by atoms with Gasteiger partial charge in [0.2, 0.25) is 10.0 Å². The van der Waals surface area contributed by atoms with Gasteiger partial charge in [-0.2, -0.15) is 0 Å². The van der Waals surface area contributed by atoms with Crippen molar-refractivity contribution in [3.63, 3.8) is 0 Å². The molecule has 0 spiro atoms. The number of quaternary nitrogens is 1. The number of nitrogens with zero attached hydrogens (tertiary/aromatic N) is 1. The van der Waals surface area contributed by atoms with Crippen LogP contribution in [0.1, 0.15) is 30.0 Å². The Morgan fingerprint density at radius 2 is 1.59 bits per heavy atom. The van der Waals surface area contributed by atoms with E-state index in [1.165, 1.54) is 23.3 Å². The molecule has 1 atom stereocenters. The lowest BCUT2D eigenvalue weighted by Crippen LogP contribution is -3.11. The first-order valence-electron chi connectivity index (χ1n) is 9.55. The Bertz CT molecular complexity index is 840. The van der Waals surface area contributed by atoms with Crippen LogP contribution in [0.25, 0.3) is 0 Å². The Morgan fingerprint density at radius 3 is 2.15 bits per heavy atom. The van der Waals surface area contributed by atoms with Gasteiger partial charge in [0, 0.05) is 38.2 Å². The van der Waals surface area contributed by atoms with Gasteiger partial charge in [-0.3, -0.25) is 0 Å². The zero-order valence-corrected chi connectivity index (χ0v) is 17.2. The first-order chi connectivity index (χ1) is 12.9. The van der Waals surface area contributed by atoms with Crippen molar-refractivity contribution in [2.45, 2.75) is 30.7 Å². The van der Waals surface area contributed by atoms with E-state index in [0.717, 1.165) is 24.3 Å². The number of benzene rings is 2. The second-order valence-corrected chi connectivity index (χ2v) is 9.34. The van der Waals surface area contributed by atoms with Crippen molar-refractivity contribution in [3.8, 4) is 0 Å². The Morgan fingerprint density at radius 1 is 1.00 bits per heavy atom. The normalized spacial score (nSPS) is 16.4. The lowest BCUT2D eigenvalue weighted by Gasteiger charge is -2.26. The molecule has 2 aromatic carbocycles. The number of hydrogen-bond acceptors (Lipinski definition) is 3. The molecular formula is C21H30N3O2S+. The van der Waals surface area contributed by atoms with Crippen LogP contribution in [0, 0.1) is 6.92 Å². The number of aryl methyl sites for hydroxylation is 1. The van der Waals surface area contributed by atoms with E-state index in [-0.39, 0.29) is 6.04 Å². The molecule has 0 amide bonds. The Labute approximate surface area is 163 Å². The third kappa shape index (κ3) is 4.89. The summed E-state index contributed by atoms with van der Waals surface area (Å²) < 4.78 is 28.3. The third-order valence-corrected chi connectivity index (χ3v) is 6.80. The van der Waals surface area contributed by atoms with E-state index in [4.69, 9.17) is 0 Å². The fourth-order valence-corrected chi connectivity index (χ4v) is 4.72. The van der Waals surface area contributed by atoms with Gasteiger partial charge in [-0.05, 0) is 31.2 Å². The van der Waals surface area contributed by atoms with Crippen molar-refractivity contribution >= 4 is 15.7 Å². The molecule has 2 N–H and O–H groups in total. The lowest BCUT2D eigenvalue weighted by molar-refractivity contribution is -0.918. The van der Waals surface area contributed by atoms with Gasteiger partial charge in [0.1, 0.15) is 6.04 Å². The predicted octanol–water partition coefficient (Wildman–Crippen LogP) is 1.76. The topological polar surface area (TPSA) is 53.9 Å². The summed E-state index contributed by atoms with van der Waals surface area (Å²) in [6, 6.07) is 15.6. The van der Waals surface area contributed by atoms with Crippen molar-refractivity contribution in [2.75, 3.05) is 38.6 Å². The third-order valence-electron chi connectivity index (χ3n) is 5.36. The van der Waals surface area contributed by atoms with Crippen molar-refractivity contribution in [2.24, 2.45) is 0 Å². The highest BCUT2D eigenvalue weighted by molar-refractivity contribution is 7.89. The Kier molecular flexibility index (Phi) is 6.19. The lowest BCUT2D eigenvalue weighted by atomic mass is 10.1. The molecule has 27 heavy (non-hydrogen) atoms. The quantitative estimate of drug-likeness (QED) is 0.760. The van der Waals surface area contributed by atoms with Gasteiger partial charge in [0.15, 0.2) is 0 Å². The summed E-state index contributed by atoms with van der Waals surface area (Å²) in [4.78, 5) is 3.85. The minimum atomic E-state index is -3.50. The standard InChI is InChI=1S/C21H29N3O2S/c1-17-6-12-20(13-7-17)27(25,26)22-16-21(24-14-4-5-15-24)18-8-10-19(11-9-18)23(2)3/h6-13,21-22H,4-5,14-16H2,1-3H3/p+1/t21-/m0/s1. The molecule has 1 aliphatic heterocycles. The van der Waals surface area contributed by atoms with Crippen LogP contribution in [0.2, 0.25) is 0 Å². The highest BCUT2D eigenvalue weighted by Gasteiger charge is 2.29. The van der Waals surface area contributed by atoms with E-state index in [1.54, 1.807) is 12.1 Å². The second-order valence-electron chi connectivity index (χ2n) is 7.57. The van der Waals surface area contributed by atoms with Gasteiger partial charge in [-0.25, -0.2) is 13.1 Å². The summed E-state index contributed by atoms with van der Waals surface area (Å²) in [6.45, 7) is 4.54. The van der Waals surface area contributed by atoms with E-state index in [0.29, 0.717) is 11.4 Å². The molecule has 1 heterocycles. The summed E-state index contributed by atoms with van der Waals surface area (Å²) in [6.07, 6.45) is 2.40. The number of nitrogens with one attached hydrogen (secondary N) is 2. The molecule has 146 valence electrons. The molecule has 0 saturated carbocycles. The molecule has 2 aromatic rings. The summed E-state index contributed by atoms with van der Waals surface area (Å²) in [5.74, 6) is 0. The molecule has 6 heteroatoms. The van der Waals surface area contributed by atoms with Gasteiger partial charge in [0.25, 0.3) is 0 Å². The Balaban J connectivity index is 1.78. The number of hydrogen-bond donors (Lipinski definition) is 2. The van der Waals surface area contributed by atoms with Gasteiger partial charge in [-0.15, -0.1) is 0 Å². The van der Waals surface area contributed by atoms with E-state index in [2.05, 4.69) is 33.9 Å². The summed E-state index contributed by atoms with van der Waals surface area (Å²) >= 11 is 0. The molecule has 0 radical (unpaired) electrons. The van der Waals surface area contributed by atoms with Crippen molar-refractivity contribution < 1.29 is 13.3 Å². The first-order valence-corrected chi connectivity index (χ1v) is 11.0. The Hall–Kier alpha value is -1.89. The van der Waals surface area contributed by atoms with Crippen LogP contribution < -0.4 is 14.5 Å². The number of likely N-dealkylation sites (tertiary alicyclic amines) is 1. The molecule has 3 rings (SSSR count). The maximum absolute atomic E-state index is 12.7. The first kappa shape index (κ1) is 19.9. The van der Waals surface area contributed by atoms with Crippen molar-refractivity contribution in [1.82, 2.24) is 4.72 Å². The molecule has 0 bridgehead atoms. The zero-order valence-electron chi connectivity index (χ0n) is 16.4. The number of sulfonamides is 1. The largest absolute Gasteiger partial charge is 0.378 e. The second kappa shape index (κ2) is 8.42. The van der Waals surface area contributed by atoms with Crippen LogP contribution in [-0.4, -0.2) is 42.1 Å². The fraction of sp³-hybridized carbons (Fsp3) is 0.429. The smallest absolute Gasteiger partial charge is 0.240 e. The van der Waals surface area contributed by atoms with Crippen LogP contribution in [0.4, 0.5) is 5.69 Å². The van der Waals surface area contributed by atoms with Gasteiger partial charge >= 0.3 is 0 Å². The van der Waals surface area contributed by atoms with Gasteiger partial charge in [-0.1, -0.05) is 29.8 Å². The van der Waals surface area contributed by atoms with Crippen molar-refractivity contribution in [3.05, 3.63) is 59.7 Å². The van der Waals surface area contributed by atoms with E-state index in [9.17, 15) is 8.42 Å². The minimum absolute atomic E-state index is 0.129. The van der Waals surface area contributed by atoms with E-state index < -0.39 is 10.0 Å². The monoisotopic (exact) mass is 388 g/mol. The summed E-state index contributed by atoms with van der Waals surface area (Å²) in [7, 11) is 0.541. The average molecular weight is 389 g/mol. The zero-order chi connectivity index (χ0) is 19.4. The van der Waals surface area contributed by atoms with Crippen LogP contribution in [0.15, 0.2) is 53.4 Å². The highest BCUT2D eigenvalue weighted by atomic mass is 32.2. The molecule has 5 nitrogen and oxygen atoms in total. The predicted molar refractivity (Wildman–Crippen MR) is 110 cm³/mol. The van der Waals surface area contributed by atoms with Gasteiger partial charge < -0.3 is 9.80 Å². The fourth-order valence-electron chi connectivity index (χ4n) is 3.67. The molecule has 1 aliphatic rings. The number of anilines is 1. The SMILES string of the molecule is Cc1ccc(S(=O)(=O)NC[C@@H](c2ccc(N(C)C)cc2)[NH+]2CCCC2)cc1. The van der Waals surface area contributed by atoms with Gasteiger partial charge in [0.05, 0.1) is 24.5 Å². The molecule has 0 unspecified atom stereocenters. The highest BCUT2D eigenvalue weighted by Crippen LogP contribution is 2.18. The summed E-state index contributed by atoms with van der Waals surface area (Å²) in [5.41, 5.74) is 3.38. The van der Waals surface area contributed by atoms with Crippen molar-refractivity contribution in [1.29, 1.82) is 0 Å². The molecule has 1 saturated heterocycles. The molecular weight excluding hydrogens is 358 g/mol. The summed E-state index contributed by atoms with van der Waals surface area (Å²) in [5, 5.41) is 0. The maximum Gasteiger partial charge on any atom is 0.240 e. The van der Waals surface area contributed by atoms with E-state index in [1.807, 2.05) is 33.2 Å². The maximum atomic E-state index is 12.7. The molecule has 0 aromatic heterocycles. The van der Waals surface area contributed by atoms with E-state index >= 15 is 0 Å². The number of rotatable bonds is 7. The van der Waals surface area contributed by atoms with Crippen LogP contribution >= 0.6 is 0 Å². The molecule has 0 aliphatic carbocycles. The minimum Gasteiger partial charge on any atom is -0.378 e. The van der Waals surface area contributed by atoms with Crippen LogP contribution in [-0.2, 0) is 10.0 Å².